The number of rotatable bonds is 7. The van der Waals surface area contributed by atoms with Gasteiger partial charge >= 0.3 is 5.97 Å². The molecule has 1 aliphatic heterocycles. The van der Waals surface area contributed by atoms with Crippen LogP contribution in [-0.4, -0.2) is 28.3 Å². The first-order valence-corrected chi connectivity index (χ1v) is 13.0. The van der Waals surface area contributed by atoms with E-state index in [1.54, 1.807) is 0 Å². The summed E-state index contributed by atoms with van der Waals surface area (Å²) in [5.41, 5.74) is 6.71. The number of para-hydroxylation sites is 2. The van der Waals surface area contributed by atoms with Crippen LogP contribution in [0, 0.1) is 26.2 Å². The lowest BCUT2D eigenvalue weighted by atomic mass is 9.77. The quantitative estimate of drug-likeness (QED) is 0.148. The average Bonchev–Trinajstić information content (AvgIpc) is 3.51. The molecule has 1 atom stereocenters. The van der Waals surface area contributed by atoms with E-state index >= 15 is 0 Å². The Balaban J connectivity index is 1.74. The van der Waals surface area contributed by atoms with Gasteiger partial charge in [0, 0.05) is 63.0 Å². The summed E-state index contributed by atoms with van der Waals surface area (Å²) in [7, 11) is 0. The van der Waals surface area contributed by atoms with Crippen LogP contribution in [0.25, 0.3) is 21.8 Å². The molecule has 1 aliphatic rings. The van der Waals surface area contributed by atoms with Gasteiger partial charge in [-0.05, 0) is 39.0 Å². The van der Waals surface area contributed by atoms with Gasteiger partial charge in [0.2, 0.25) is 0 Å². The molecule has 2 aromatic heterocycles. The van der Waals surface area contributed by atoms with Crippen LogP contribution in [-0.2, 0) is 28.2 Å². The van der Waals surface area contributed by atoms with Gasteiger partial charge in [-0.25, -0.2) is 4.79 Å². The minimum Gasteiger partial charge on any atom is -0.440 e. The monoisotopic (exact) mass is 502 g/mol. The van der Waals surface area contributed by atoms with E-state index in [0.29, 0.717) is 18.7 Å². The van der Waals surface area contributed by atoms with Gasteiger partial charge in [-0.15, -0.1) is 6.42 Å². The van der Waals surface area contributed by atoms with Crippen LogP contribution in [0.15, 0.2) is 72.8 Å². The molecule has 0 aliphatic carbocycles. The van der Waals surface area contributed by atoms with Crippen LogP contribution >= 0.6 is 0 Å². The number of hydrogen-bond acceptors (Lipinski definition) is 3. The van der Waals surface area contributed by atoms with E-state index in [2.05, 4.69) is 72.2 Å². The third kappa shape index (κ3) is 3.27. The first-order chi connectivity index (χ1) is 18.5. The van der Waals surface area contributed by atoms with Crippen molar-refractivity contribution in [1.29, 1.82) is 0 Å². The molecule has 5 nitrogen and oxygen atoms in total. The number of carbonyl (C=O) groups excluding carboxylic acids is 1. The van der Waals surface area contributed by atoms with Crippen LogP contribution in [0.2, 0.25) is 0 Å². The Morgan fingerprint density at radius 3 is 2.11 bits per heavy atom. The van der Waals surface area contributed by atoms with Crippen molar-refractivity contribution in [2.24, 2.45) is 0 Å². The Hall–Kier alpha value is -4.27. The van der Waals surface area contributed by atoms with E-state index in [-0.39, 0.29) is 12.6 Å². The number of aryl methyl sites for hydroxylation is 1. The zero-order chi connectivity index (χ0) is 26.4. The first-order valence-electron chi connectivity index (χ1n) is 13.0. The molecule has 0 N–H and O–H groups in total. The largest absolute Gasteiger partial charge is 0.440 e. The van der Waals surface area contributed by atoms with Crippen molar-refractivity contribution < 1.29 is 14.3 Å². The molecule has 6 rings (SSSR count). The topological polar surface area (TPSA) is 45.4 Å². The predicted molar refractivity (Wildman–Crippen MR) is 150 cm³/mol. The third-order valence-corrected chi connectivity index (χ3v) is 7.90. The van der Waals surface area contributed by atoms with Gasteiger partial charge < -0.3 is 18.6 Å². The summed E-state index contributed by atoms with van der Waals surface area (Å²) in [6, 6.07) is 24.5. The SMILES string of the molecule is C#CCOCCn1c(C)c(C2(c3c(C)n(CC)c4ccccc34)OC(=O)c3ccccc32)c2ccccc21. The van der Waals surface area contributed by atoms with Crippen LogP contribution in [0.4, 0.5) is 0 Å². The Morgan fingerprint density at radius 2 is 1.45 bits per heavy atom. The smallest absolute Gasteiger partial charge is 0.340 e. The maximum absolute atomic E-state index is 13.6. The number of benzene rings is 3. The Kier molecular flexibility index (Phi) is 5.86. The second-order valence-electron chi connectivity index (χ2n) is 9.72. The van der Waals surface area contributed by atoms with Crippen molar-refractivity contribution >= 4 is 27.8 Å². The summed E-state index contributed by atoms with van der Waals surface area (Å²) >= 11 is 0. The number of nitrogens with zero attached hydrogens (tertiary/aromatic N) is 2. The van der Waals surface area contributed by atoms with Crippen molar-refractivity contribution in [2.75, 3.05) is 13.2 Å². The average molecular weight is 503 g/mol. The molecule has 0 amide bonds. The minimum absolute atomic E-state index is 0.274. The Labute approximate surface area is 222 Å². The second-order valence-corrected chi connectivity index (χ2v) is 9.72. The summed E-state index contributed by atoms with van der Waals surface area (Å²) in [5.74, 6) is 2.24. The summed E-state index contributed by atoms with van der Waals surface area (Å²) in [4.78, 5) is 13.6. The lowest BCUT2D eigenvalue weighted by Gasteiger charge is -2.31. The number of aromatic nitrogens is 2. The molecule has 0 fully saturated rings. The van der Waals surface area contributed by atoms with Crippen LogP contribution in [0.5, 0.6) is 0 Å². The lowest BCUT2D eigenvalue weighted by Crippen LogP contribution is -2.31. The van der Waals surface area contributed by atoms with E-state index in [1.807, 2.05) is 36.4 Å². The molecule has 0 spiro atoms. The molecular formula is C33H30N2O3. The van der Waals surface area contributed by atoms with Crippen molar-refractivity contribution in [3.63, 3.8) is 0 Å². The Morgan fingerprint density at radius 1 is 0.868 bits per heavy atom. The molecular weight excluding hydrogens is 472 g/mol. The summed E-state index contributed by atoms with van der Waals surface area (Å²) in [5, 5.41) is 2.14. The number of cyclic esters (lactones) is 1. The van der Waals surface area contributed by atoms with Gasteiger partial charge in [-0.2, -0.15) is 0 Å². The predicted octanol–water partition coefficient (Wildman–Crippen LogP) is 6.34. The molecule has 5 heteroatoms. The fraction of sp³-hybridized carbons (Fsp3) is 0.242. The number of esters is 1. The van der Waals surface area contributed by atoms with Crippen molar-refractivity contribution in [3.05, 3.63) is 106 Å². The second kappa shape index (κ2) is 9.24. The highest BCUT2D eigenvalue weighted by Gasteiger charge is 2.53. The molecule has 3 aromatic carbocycles. The molecule has 0 saturated carbocycles. The number of terminal acetylenes is 1. The maximum atomic E-state index is 13.6. The van der Waals surface area contributed by atoms with E-state index in [1.165, 1.54) is 0 Å². The van der Waals surface area contributed by atoms with Crippen LogP contribution < -0.4 is 0 Å². The standard InChI is InChI=1S/C33H30N2O3/c1-5-20-37-21-19-35-23(4)31(26-15-9-12-18-29(26)35)33(27-16-10-7-13-24(27)32(36)38-33)30-22(3)34(6-2)28-17-11-8-14-25(28)30/h1,7-18H,6,19-21H2,2-4H3. The molecule has 0 saturated heterocycles. The van der Waals surface area contributed by atoms with Gasteiger partial charge in [0.15, 0.2) is 5.60 Å². The van der Waals surface area contributed by atoms with Gasteiger partial charge in [0.25, 0.3) is 0 Å². The normalized spacial score (nSPS) is 16.6. The summed E-state index contributed by atoms with van der Waals surface area (Å²) < 4.78 is 16.9. The van der Waals surface area contributed by atoms with E-state index in [4.69, 9.17) is 15.9 Å². The number of ether oxygens (including phenoxy) is 2. The molecule has 1 unspecified atom stereocenters. The van der Waals surface area contributed by atoms with Gasteiger partial charge in [0.05, 0.1) is 12.2 Å². The van der Waals surface area contributed by atoms with E-state index in [0.717, 1.165) is 56.4 Å². The zero-order valence-electron chi connectivity index (χ0n) is 22.0. The number of carbonyl (C=O) groups is 1. The third-order valence-electron chi connectivity index (χ3n) is 7.90. The highest BCUT2D eigenvalue weighted by atomic mass is 16.6. The molecule has 190 valence electrons. The highest BCUT2D eigenvalue weighted by molar-refractivity contribution is 6.01. The molecule has 38 heavy (non-hydrogen) atoms. The lowest BCUT2D eigenvalue weighted by molar-refractivity contribution is 0.0255. The van der Waals surface area contributed by atoms with Crippen molar-refractivity contribution in [2.45, 2.75) is 39.5 Å². The number of hydrogen-bond donors (Lipinski definition) is 0. The zero-order valence-corrected chi connectivity index (χ0v) is 22.0. The first kappa shape index (κ1) is 24.1. The maximum Gasteiger partial charge on any atom is 0.340 e. The number of fused-ring (bicyclic) bond motifs is 3. The van der Waals surface area contributed by atoms with E-state index in [9.17, 15) is 4.79 Å². The van der Waals surface area contributed by atoms with Gasteiger partial charge in [0.1, 0.15) is 6.61 Å². The van der Waals surface area contributed by atoms with Crippen molar-refractivity contribution in [3.8, 4) is 12.3 Å². The molecule has 5 aromatic rings. The fourth-order valence-electron chi connectivity index (χ4n) is 6.45. The van der Waals surface area contributed by atoms with Crippen LogP contribution in [0.3, 0.4) is 0 Å². The van der Waals surface area contributed by atoms with Gasteiger partial charge in [-0.1, -0.05) is 60.5 Å². The minimum atomic E-state index is -1.10. The van der Waals surface area contributed by atoms with E-state index < -0.39 is 5.60 Å². The van der Waals surface area contributed by atoms with Crippen LogP contribution in [0.1, 0.15) is 45.4 Å². The molecule has 0 bridgehead atoms. The molecule has 0 radical (unpaired) electrons. The fourth-order valence-corrected chi connectivity index (χ4v) is 6.45. The Bertz CT molecular complexity index is 1750. The molecule has 3 heterocycles. The summed E-state index contributed by atoms with van der Waals surface area (Å²) in [6.45, 7) is 8.61. The highest BCUT2D eigenvalue weighted by Crippen LogP contribution is 2.53. The van der Waals surface area contributed by atoms with Gasteiger partial charge in [-0.3, -0.25) is 0 Å². The van der Waals surface area contributed by atoms with Crippen molar-refractivity contribution in [1.82, 2.24) is 9.13 Å². The summed E-state index contributed by atoms with van der Waals surface area (Å²) in [6.07, 6.45) is 5.40.